The smallest absolute Gasteiger partial charge is 0.298 e. The molecular formula is C22H20N3O2PS2. The molecule has 3 aromatic carbocycles. The van der Waals surface area contributed by atoms with E-state index in [4.69, 9.17) is 4.52 Å². The van der Waals surface area contributed by atoms with Gasteiger partial charge in [-0.1, -0.05) is 71.9 Å². The Morgan fingerprint density at radius 3 is 2.20 bits per heavy atom. The lowest BCUT2D eigenvalue weighted by Crippen LogP contribution is -2.04. The number of nitrogens with zero attached hydrogens (tertiary/aromatic N) is 3. The normalized spacial score (nSPS) is 13.1. The SMILES string of the molecule is O=P(OCc1cn(Cc2ccccc2)nn1)(SSc1ccccc1)c1ccccc1. The zero-order valence-electron chi connectivity index (χ0n) is 16.1. The van der Waals surface area contributed by atoms with Crippen LogP contribution in [0, 0.1) is 0 Å². The van der Waals surface area contributed by atoms with Crippen LogP contribution in [0.15, 0.2) is 102 Å². The quantitative estimate of drug-likeness (QED) is 0.236. The van der Waals surface area contributed by atoms with Gasteiger partial charge in [0, 0.05) is 20.6 Å². The summed E-state index contributed by atoms with van der Waals surface area (Å²) < 4.78 is 21.5. The molecule has 1 unspecified atom stereocenters. The van der Waals surface area contributed by atoms with E-state index in [1.165, 1.54) is 21.2 Å². The molecule has 1 atom stereocenters. The van der Waals surface area contributed by atoms with Gasteiger partial charge < -0.3 is 4.52 Å². The number of benzene rings is 3. The Morgan fingerprint density at radius 1 is 0.867 bits per heavy atom. The van der Waals surface area contributed by atoms with Gasteiger partial charge in [0.2, 0.25) is 0 Å². The van der Waals surface area contributed by atoms with E-state index in [0.717, 1.165) is 10.5 Å². The van der Waals surface area contributed by atoms with Gasteiger partial charge in [-0.25, -0.2) is 4.68 Å². The van der Waals surface area contributed by atoms with E-state index in [-0.39, 0.29) is 6.61 Å². The molecule has 4 rings (SSSR count). The fraction of sp³-hybridized carbons (Fsp3) is 0.0909. The lowest BCUT2D eigenvalue weighted by atomic mass is 10.2. The van der Waals surface area contributed by atoms with Crippen LogP contribution in [0.4, 0.5) is 0 Å². The predicted molar refractivity (Wildman–Crippen MR) is 124 cm³/mol. The average molecular weight is 454 g/mol. The van der Waals surface area contributed by atoms with Crippen molar-refractivity contribution >= 4 is 33.1 Å². The molecule has 0 saturated heterocycles. The first-order valence-corrected chi connectivity index (χ1v) is 13.7. The molecule has 0 saturated carbocycles. The Bertz CT molecular complexity index is 1110. The van der Waals surface area contributed by atoms with Gasteiger partial charge in [-0.15, -0.1) is 5.10 Å². The van der Waals surface area contributed by atoms with Crippen molar-refractivity contribution < 1.29 is 9.09 Å². The van der Waals surface area contributed by atoms with Crippen molar-refractivity contribution in [3.8, 4) is 0 Å². The molecule has 0 N–H and O–H groups in total. The van der Waals surface area contributed by atoms with Gasteiger partial charge in [0.05, 0.1) is 12.7 Å². The molecule has 5 nitrogen and oxygen atoms in total. The standard InChI is InChI=1S/C22H20N3O2PS2/c26-28(21-12-6-2-7-13-21,30-29-22-14-8-3-9-15-22)27-18-20-17-25(24-23-20)16-19-10-4-1-5-11-19/h1-15,17H,16,18H2. The maximum Gasteiger partial charge on any atom is 0.298 e. The van der Waals surface area contributed by atoms with Crippen molar-refractivity contribution in [3.05, 3.63) is 108 Å². The van der Waals surface area contributed by atoms with Gasteiger partial charge >= 0.3 is 0 Å². The average Bonchev–Trinajstić information content (AvgIpc) is 3.26. The zero-order chi connectivity index (χ0) is 20.7. The molecule has 1 aromatic heterocycles. The molecule has 8 heteroatoms. The van der Waals surface area contributed by atoms with Crippen LogP contribution in [0.3, 0.4) is 0 Å². The fourth-order valence-corrected chi connectivity index (χ4v) is 8.91. The van der Waals surface area contributed by atoms with Gasteiger partial charge in [-0.3, -0.25) is 4.57 Å². The van der Waals surface area contributed by atoms with E-state index in [2.05, 4.69) is 10.3 Å². The second-order valence-corrected chi connectivity index (χ2v) is 12.8. The minimum atomic E-state index is -3.16. The van der Waals surface area contributed by atoms with Gasteiger partial charge in [0.15, 0.2) is 0 Å². The Labute approximate surface area is 183 Å². The second-order valence-electron chi connectivity index (χ2n) is 6.47. The molecule has 1 heterocycles. The Balaban J connectivity index is 1.45. The summed E-state index contributed by atoms with van der Waals surface area (Å²) in [6.07, 6.45) is 1.83. The van der Waals surface area contributed by atoms with Crippen molar-refractivity contribution in [2.75, 3.05) is 0 Å². The minimum absolute atomic E-state index is 0.128. The summed E-state index contributed by atoms with van der Waals surface area (Å²) in [6.45, 7) is -2.40. The van der Waals surface area contributed by atoms with Crippen LogP contribution < -0.4 is 5.30 Å². The van der Waals surface area contributed by atoms with Crippen LogP contribution in [-0.2, 0) is 22.2 Å². The molecule has 4 aromatic rings. The number of aromatic nitrogens is 3. The van der Waals surface area contributed by atoms with Crippen LogP contribution in [0.5, 0.6) is 0 Å². The van der Waals surface area contributed by atoms with Crippen LogP contribution in [-0.4, -0.2) is 15.0 Å². The van der Waals surface area contributed by atoms with Crippen LogP contribution in [0.2, 0.25) is 0 Å². The first-order valence-electron chi connectivity index (χ1n) is 9.36. The summed E-state index contributed by atoms with van der Waals surface area (Å²) in [6, 6.07) is 29.2. The Kier molecular flexibility index (Phi) is 7.07. The first-order chi connectivity index (χ1) is 14.7. The van der Waals surface area contributed by atoms with Crippen molar-refractivity contribution in [3.63, 3.8) is 0 Å². The van der Waals surface area contributed by atoms with E-state index in [9.17, 15) is 4.57 Å². The molecule has 0 aliphatic heterocycles. The predicted octanol–water partition coefficient (Wildman–Crippen LogP) is 5.80. The molecule has 0 amide bonds. The second kappa shape index (κ2) is 10.1. The van der Waals surface area contributed by atoms with Crippen molar-refractivity contribution in [2.24, 2.45) is 0 Å². The number of rotatable bonds is 9. The number of hydrogen-bond donors (Lipinski definition) is 0. The highest BCUT2D eigenvalue weighted by Gasteiger charge is 2.28. The molecule has 0 bridgehead atoms. The lowest BCUT2D eigenvalue weighted by molar-refractivity contribution is 0.316. The van der Waals surface area contributed by atoms with Crippen LogP contribution >= 0.6 is 27.8 Å². The van der Waals surface area contributed by atoms with E-state index < -0.39 is 6.57 Å². The lowest BCUT2D eigenvalue weighted by Gasteiger charge is -2.17. The summed E-state index contributed by atoms with van der Waals surface area (Å²) in [4.78, 5) is 1.02. The molecule has 0 spiro atoms. The van der Waals surface area contributed by atoms with E-state index in [1.54, 1.807) is 4.68 Å². The summed E-state index contributed by atoms with van der Waals surface area (Å²) in [5.74, 6) is 0. The molecule has 152 valence electrons. The van der Waals surface area contributed by atoms with Crippen molar-refractivity contribution in [1.29, 1.82) is 0 Å². The Morgan fingerprint density at radius 2 is 1.50 bits per heavy atom. The zero-order valence-corrected chi connectivity index (χ0v) is 18.6. The van der Waals surface area contributed by atoms with Crippen LogP contribution in [0.1, 0.15) is 11.3 Å². The maximum absolute atomic E-state index is 13.7. The third-order valence-corrected chi connectivity index (χ3v) is 11.1. The largest absolute Gasteiger partial charge is 0.311 e. The maximum atomic E-state index is 13.7. The highest BCUT2D eigenvalue weighted by Crippen LogP contribution is 2.65. The molecule has 0 fully saturated rings. The first kappa shape index (κ1) is 20.9. The van der Waals surface area contributed by atoms with E-state index in [0.29, 0.717) is 17.5 Å². The molecule has 0 radical (unpaired) electrons. The van der Waals surface area contributed by atoms with Crippen LogP contribution in [0.25, 0.3) is 0 Å². The van der Waals surface area contributed by atoms with E-state index >= 15 is 0 Å². The molecule has 0 aliphatic carbocycles. The monoisotopic (exact) mass is 453 g/mol. The highest BCUT2D eigenvalue weighted by molar-refractivity contribution is 9.00. The summed E-state index contributed by atoms with van der Waals surface area (Å²) in [5, 5.41) is 9.02. The van der Waals surface area contributed by atoms with Crippen molar-refractivity contribution in [2.45, 2.75) is 18.0 Å². The van der Waals surface area contributed by atoms with Gasteiger partial charge in [-0.2, -0.15) is 0 Å². The fourth-order valence-electron chi connectivity index (χ4n) is 2.72. The molecule has 0 aliphatic rings. The van der Waals surface area contributed by atoms with Gasteiger partial charge in [-0.05, 0) is 40.6 Å². The third kappa shape index (κ3) is 5.64. The highest BCUT2D eigenvalue weighted by atomic mass is 33.3. The molecule has 30 heavy (non-hydrogen) atoms. The molecular weight excluding hydrogens is 433 g/mol. The summed E-state index contributed by atoms with van der Waals surface area (Å²) >= 11 is 0. The van der Waals surface area contributed by atoms with E-state index in [1.807, 2.05) is 97.2 Å². The topological polar surface area (TPSA) is 57.0 Å². The minimum Gasteiger partial charge on any atom is -0.311 e. The van der Waals surface area contributed by atoms with Gasteiger partial charge in [0.1, 0.15) is 12.3 Å². The number of hydrogen-bond acceptors (Lipinski definition) is 6. The van der Waals surface area contributed by atoms with Crippen molar-refractivity contribution in [1.82, 2.24) is 15.0 Å². The summed E-state index contributed by atoms with van der Waals surface area (Å²) in [7, 11) is 2.71. The van der Waals surface area contributed by atoms with Gasteiger partial charge in [0.25, 0.3) is 6.57 Å². The summed E-state index contributed by atoms with van der Waals surface area (Å²) in [5.41, 5.74) is 1.78. The third-order valence-electron chi connectivity index (χ3n) is 4.20. The Hall–Kier alpha value is -2.31.